The summed E-state index contributed by atoms with van der Waals surface area (Å²) in [7, 11) is 3.37. The summed E-state index contributed by atoms with van der Waals surface area (Å²) in [6, 6.07) is 11.0. The fourth-order valence-electron chi connectivity index (χ4n) is 2.59. The van der Waals surface area contributed by atoms with Crippen LogP contribution in [0.2, 0.25) is 0 Å². The first-order valence-corrected chi connectivity index (χ1v) is 8.37. The van der Waals surface area contributed by atoms with E-state index in [1.807, 2.05) is 31.2 Å². The van der Waals surface area contributed by atoms with Crippen LogP contribution in [0.1, 0.15) is 57.4 Å². The van der Waals surface area contributed by atoms with Gasteiger partial charge in [-0.05, 0) is 42.7 Å². The van der Waals surface area contributed by atoms with Gasteiger partial charge >= 0.3 is 0 Å². The van der Waals surface area contributed by atoms with E-state index in [1.165, 1.54) is 0 Å². The maximum atomic E-state index is 12.7. The van der Waals surface area contributed by atoms with Crippen LogP contribution in [0.5, 0.6) is 0 Å². The van der Waals surface area contributed by atoms with Gasteiger partial charge in [0, 0.05) is 31.9 Å². The Morgan fingerprint density at radius 2 is 1.76 bits per heavy atom. The van der Waals surface area contributed by atoms with Gasteiger partial charge in [0.25, 0.3) is 11.8 Å². The monoisotopic (exact) mass is 339 g/mol. The van der Waals surface area contributed by atoms with E-state index in [9.17, 15) is 9.59 Å². The van der Waals surface area contributed by atoms with E-state index in [4.69, 9.17) is 0 Å². The second-order valence-electron chi connectivity index (χ2n) is 6.46. The molecule has 0 fully saturated rings. The van der Waals surface area contributed by atoms with Crippen molar-refractivity contribution in [3.8, 4) is 0 Å². The van der Waals surface area contributed by atoms with Crippen LogP contribution in [0.4, 0.5) is 0 Å². The van der Waals surface area contributed by atoms with Crippen molar-refractivity contribution in [2.45, 2.75) is 33.2 Å². The number of carbonyl (C=O) groups is 2. The van der Waals surface area contributed by atoms with Crippen molar-refractivity contribution in [3.63, 3.8) is 0 Å². The first kappa shape index (κ1) is 18.6. The maximum absolute atomic E-state index is 12.7. The lowest BCUT2D eigenvalue weighted by molar-refractivity contribution is 0.0783. The number of pyridine rings is 1. The number of aromatic nitrogens is 1. The normalized spacial score (nSPS) is 10.6. The van der Waals surface area contributed by atoms with Crippen molar-refractivity contribution < 1.29 is 9.59 Å². The standard InChI is InChI=1S/C20H25N3O2/c1-13(2)18-11-10-17(14(3)22-18)20(25)23(5)12-15-6-8-16(9-7-15)19(24)21-4/h6-11,13H,12H2,1-5H3,(H,21,24). The highest BCUT2D eigenvalue weighted by atomic mass is 16.2. The molecule has 2 rings (SSSR count). The fourth-order valence-corrected chi connectivity index (χ4v) is 2.59. The summed E-state index contributed by atoms with van der Waals surface area (Å²) >= 11 is 0. The van der Waals surface area contributed by atoms with Crippen LogP contribution in [-0.4, -0.2) is 35.8 Å². The second kappa shape index (κ2) is 7.92. The minimum Gasteiger partial charge on any atom is -0.355 e. The first-order chi connectivity index (χ1) is 11.8. The van der Waals surface area contributed by atoms with Crippen LogP contribution in [0.15, 0.2) is 36.4 Å². The SMILES string of the molecule is CNC(=O)c1ccc(CN(C)C(=O)c2ccc(C(C)C)nc2C)cc1. The van der Waals surface area contributed by atoms with Crippen LogP contribution < -0.4 is 5.32 Å². The second-order valence-corrected chi connectivity index (χ2v) is 6.46. The highest BCUT2D eigenvalue weighted by Crippen LogP contribution is 2.17. The molecule has 0 bridgehead atoms. The lowest BCUT2D eigenvalue weighted by Gasteiger charge is -2.19. The summed E-state index contributed by atoms with van der Waals surface area (Å²) in [4.78, 5) is 30.5. The minimum atomic E-state index is -0.122. The Hall–Kier alpha value is -2.69. The predicted octanol–water partition coefficient (Wildman–Crippen LogP) is 3.15. The van der Waals surface area contributed by atoms with E-state index in [1.54, 1.807) is 31.1 Å². The molecule has 0 saturated carbocycles. The molecule has 0 atom stereocenters. The van der Waals surface area contributed by atoms with Crippen LogP contribution >= 0.6 is 0 Å². The largest absolute Gasteiger partial charge is 0.355 e. The Kier molecular flexibility index (Phi) is 5.91. The van der Waals surface area contributed by atoms with Crippen LogP contribution in [0, 0.1) is 6.92 Å². The molecule has 0 radical (unpaired) electrons. The lowest BCUT2D eigenvalue weighted by atomic mass is 10.1. The molecular weight excluding hydrogens is 314 g/mol. The number of rotatable bonds is 5. The average Bonchev–Trinajstić information content (AvgIpc) is 2.60. The summed E-state index contributed by atoms with van der Waals surface area (Å²) in [5.41, 5.74) is 3.92. The van der Waals surface area contributed by atoms with E-state index in [0.29, 0.717) is 23.6 Å². The molecule has 1 heterocycles. The quantitative estimate of drug-likeness (QED) is 0.910. The maximum Gasteiger partial charge on any atom is 0.255 e. The molecular formula is C20H25N3O2. The molecule has 25 heavy (non-hydrogen) atoms. The van der Waals surface area contributed by atoms with E-state index in [-0.39, 0.29) is 11.8 Å². The smallest absolute Gasteiger partial charge is 0.255 e. The molecule has 0 spiro atoms. The zero-order valence-electron chi connectivity index (χ0n) is 15.5. The molecule has 2 amide bonds. The number of nitrogens with one attached hydrogen (secondary N) is 1. The number of carbonyl (C=O) groups excluding carboxylic acids is 2. The Morgan fingerprint density at radius 1 is 1.12 bits per heavy atom. The van der Waals surface area contributed by atoms with E-state index < -0.39 is 0 Å². The Labute approximate surface area is 149 Å². The number of nitrogens with zero attached hydrogens (tertiary/aromatic N) is 2. The number of hydrogen-bond acceptors (Lipinski definition) is 3. The van der Waals surface area contributed by atoms with Gasteiger partial charge in [-0.1, -0.05) is 26.0 Å². The summed E-state index contributed by atoms with van der Waals surface area (Å²) in [5.74, 6) is 0.151. The van der Waals surface area contributed by atoms with Gasteiger partial charge in [-0.15, -0.1) is 0 Å². The number of benzene rings is 1. The van der Waals surface area contributed by atoms with Gasteiger partial charge in [0.1, 0.15) is 0 Å². The van der Waals surface area contributed by atoms with E-state index in [0.717, 1.165) is 17.0 Å². The van der Waals surface area contributed by atoms with Crippen molar-refractivity contribution in [3.05, 3.63) is 64.5 Å². The topological polar surface area (TPSA) is 62.3 Å². The summed E-state index contributed by atoms with van der Waals surface area (Å²) in [5, 5.41) is 2.59. The lowest BCUT2D eigenvalue weighted by Crippen LogP contribution is -2.27. The van der Waals surface area contributed by atoms with Gasteiger partial charge in [-0.3, -0.25) is 14.6 Å². The molecule has 0 unspecified atom stereocenters. The molecule has 0 aliphatic heterocycles. The molecule has 5 heteroatoms. The molecule has 0 aliphatic rings. The van der Waals surface area contributed by atoms with E-state index >= 15 is 0 Å². The van der Waals surface area contributed by atoms with Gasteiger partial charge in [0.05, 0.1) is 11.3 Å². The van der Waals surface area contributed by atoms with Crippen molar-refractivity contribution in [1.82, 2.24) is 15.2 Å². The highest BCUT2D eigenvalue weighted by molar-refractivity contribution is 5.95. The highest BCUT2D eigenvalue weighted by Gasteiger charge is 2.16. The minimum absolute atomic E-state index is 0.0596. The molecule has 0 aliphatic carbocycles. The summed E-state index contributed by atoms with van der Waals surface area (Å²) in [6.45, 7) is 6.50. The predicted molar refractivity (Wildman–Crippen MR) is 98.7 cm³/mol. The van der Waals surface area contributed by atoms with Gasteiger partial charge < -0.3 is 10.2 Å². The number of aryl methyl sites for hydroxylation is 1. The molecule has 2 aromatic rings. The van der Waals surface area contributed by atoms with Gasteiger partial charge in [-0.2, -0.15) is 0 Å². The Morgan fingerprint density at radius 3 is 2.28 bits per heavy atom. The van der Waals surface area contributed by atoms with Crippen molar-refractivity contribution in [1.29, 1.82) is 0 Å². The number of amides is 2. The van der Waals surface area contributed by atoms with Gasteiger partial charge in [0.15, 0.2) is 0 Å². The van der Waals surface area contributed by atoms with Crippen molar-refractivity contribution >= 4 is 11.8 Å². The Bertz CT molecular complexity index is 767. The number of hydrogen-bond donors (Lipinski definition) is 1. The van der Waals surface area contributed by atoms with Gasteiger partial charge in [-0.25, -0.2) is 0 Å². The van der Waals surface area contributed by atoms with E-state index in [2.05, 4.69) is 24.1 Å². The van der Waals surface area contributed by atoms with Crippen LogP contribution in [0.3, 0.4) is 0 Å². The van der Waals surface area contributed by atoms with Crippen molar-refractivity contribution in [2.75, 3.05) is 14.1 Å². The van der Waals surface area contributed by atoms with Crippen LogP contribution in [-0.2, 0) is 6.54 Å². The molecule has 1 N–H and O–H groups in total. The first-order valence-electron chi connectivity index (χ1n) is 8.37. The molecule has 0 saturated heterocycles. The third-order valence-corrected chi connectivity index (χ3v) is 4.14. The fraction of sp³-hybridized carbons (Fsp3) is 0.350. The average molecular weight is 339 g/mol. The summed E-state index contributed by atoms with van der Waals surface area (Å²) in [6.07, 6.45) is 0. The van der Waals surface area contributed by atoms with Crippen LogP contribution in [0.25, 0.3) is 0 Å². The zero-order chi connectivity index (χ0) is 18.6. The molecule has 132 valence electrons. The third-order valence-electron chi connectivity index (χ3n) is 4.14. The molecule has 1 aromatic carbocycles. The molecule has 1 aromatic heterocycles. The molecule has 5 nitrogen and oxygen atoms in total. The summed E-state index contributed by atoms with van der Waals surface area (Å²) < 4.78 is 0. The third kappa shape index (κ3) is 4.44. The Balaban J connectivity index is 2.11. The zero-order valence-corrected chi connectivity index (χ0v) is 15.5. The van der Waals surface area contributed by atoms with Gasteiger partial charge in [0.2, 0.25) is 0 Å². The van der Waals surface area contributed by atoms with Crippen molar-refractivity contribution in [2.24, 2.45) is 0 Å².